The smallest absolute Gasteiger partial charge is 0.459 e. The molecule has 0 saturated carbocycles. The van der Waals surface area contributed by atoms with E-state index in [-0.39, 0.29) is 13.2 Å². The van der Waals surface area contributed by atoms with Crippen LogP contribution in [-0.2, 0) is 19.0 Å². The van der Waals surface area contributed by atoms with Crippen LogP contribution in [0.25, 0.3) is 0 Å². The summed E-state index contributed by atoms with van der Waals surface area (Å²) in [6, 6.07) is 0. The molecule has 0 aromatic heterocycles. The van der Waals surface area contributed by atoms with Crippen LogP contribution in [-0.4, -0.2) is 31.4 Å². The fraction of sp³-hybridized carbons (Fsp3) is 0.400. The van der Waals surface area contributed by atoms with Crippen LogP contribution in [0.1, 0.15) is 6.92 Å². The van der Waals surface area contributed by atoms with Crippen molar-refractivity contribution in [2.75, 3.05) is 13.2 Å². The summed E-state index contributed by atoms with van der Waals surface area (Å²) in [7, 11) is 0. The summed E-state index contributed by atoms with van der Waals surface area (Å²) >= 11 is 0. The Labute approximate surface area is 88.3 Å². The first kappa shape index (κ1) is 13.2. The van der Waals surface area contributed by atoms with Gasteiger partial charge in [-0.1, -0.05) is 25.3 Å². The van der Waals surface area contributed by atoms with Gasteiger partial charge in [0, 0.05) is 0 Å². The Morgan fingerprint density at radius 2 is 1.73 bits per heavy atom. The highest BCUT2D eigenvalue weighted by atomic mass is 16.7. The highest BCUT2D eigenvalue weighted by molar-refractivity contribution is 5.77. The summed E-state index contributed by atoms with van der Waals surface area (Å²) in [4.78, 5) is 22.0. The number of rotatable bonds is 6. The molecule has 84 valence electrons. The van der Waals surface area contributed by atoms with Gasteiger partial charge in [0.2, 0.25) is 0 Å². The largest absolute Gasteiger partial charge is 0.509 e. The van der Waals surface area contributed by atoms with Gasteiger partial charge in [-0.25, -0.2) is 9.59 Å². The van der Waals surface area contributed by atoms with Gasteiger partial charge in [0.05, 0.1) is 0 Å². The Morgan fingerprint density at radius 3 is 2.27 bits per heavy atom. The van der Waals surface area contributed by atoms with E-state index in [1.807, 2.05) is 0 Å². The van der Waals surface area contributed by atoms with Crippen molar-refractivity contribution in [3.8, 4) is 0 Å². The molecule has 0 aliphatic heterocycles. The van der Waals surface area contributed by atoms with Crippen LogP contribution >= 0.6 is 0 Å². The van der Waals surface area contributed by atoms with Gasteiger partial charge in [-0.05, 0) is 6.92 Å². The average molecular weight is 214 g/mol. The molecule has 0 spiro atoms. The molecule has 0 amide bonds. The molecular formula is C10H14O5. The van der Waals surface area contributed by atoms with E-state index in [2.05, 4.69) is 27.4 Å². The van der Waals surface area contributed by atoms with E-state index in [4.69, 9.17) is 0 Å². The van der Waals surface area contributed by atoms with Crippen molar-refractivity contribution >= 4 is 12.1 Å². The predicted octanol–water partition coefficient (Wildman–Crippen LogP) is 1.44. The molecule has 5 nitrogen and oxygen atoms in total. The molecule has 15 heavy (non-hydrogen) atoms. The summed E-state index contributed by atoms with van der Waals surface area (Å²) in [6.07, 6.45) is 0.878. The second-order valence-electron chi connectivity index (χ2n) is 2.53. The van der Waals surface area contributed by atoms with Crippen molar-refractivity contribution in [3.63, 3.8) is 0 Å². The maximum atomic E-state index is 11.1. The summed E-state index contributed by atoms with van der Waals surface area (Å²) in [5.74, 6) is -0.648. The van der Waals surface area contributed by atoms with Gasteiger partial charge in [-0.2, -0.15) is 0 Å². The van der Waals surface area contributed by atoms with Crippen LogP contribution < -0.4 is 0 Å². The number of ether oxygens (including phenoxy) is 3. The van der Waals surface area contributed by atoms with Crippen LogP contribution in [0.4, 0.5) is 4.79 Å². The van der Waals surface area contributed by atoms with Gasteiger partial charge in [-0.15, -0.1) is 0 Å². The van der Waals surface area contributed by atoms with Crippen molar-refractivity contribution in [3.05, 3.63) is 25.3 Å². The number of hydrogen-bond acceptors (Lipinski definition) is 5. The van der Waals surface area contributed by atoms with E-state index in [0.29, 0.717) is 0 Å². The van der Waals surface area contributed by atoms with Crippen LogP contribution in [0.3, 0.4) is 0 Å². The monoisotopic (exact) mass is 214 g/mol. The lowest BCUT2D eigenvalue weighted by atomic mass is 10.4. The van der Waals surface area contributed by atoms with Gasteiger partial charge in [0.1, 0.15) is 13.2 Å². The molecule has 1 unspecified atom stereocenters. The third-order valence-corrected chi connectivity index (χ3v) is 1.27. The SMILES string of the molecule is C=CCOC(=O)OC(C)C(=O)OCC=C. The van der Waals surface area contributed by atoms with Crippen molar-refractivity contribution < 1.29 is 23.8 Å². The Morgan fingerprint density at radius 1 is 1.20 bits per heavy atom. The highest BCUT2D eigenvalue weighted by Crippen LogP contribution is 1.97. The fourth-order valence-electron chi connectivity index (χ4n) is 0.612. The molecule has 0 aliphatic rings. The number of esters is 1. The van der Waals surface area contributed by atoms with Crippen molar-refractivity contribution in [1.82, 2.24) is 0 Å². The zero-order valence-electron chi connectivity index (χ0n) is 8.60. The van der Waals surface area contributed by atoms with Crippen molar-refractivity contribution in [1.29, 1.82) is 0 Å². The molecular weight excluding hydrogens is 200 g/mol. The van der Waals surface area contributed by atoms with Gasteiger partial charge in [0.25, 0.3) is 0 Å². The van der Waals surface area contributed by atoms with E-state index in [9.17, 15) is 9.59 Å². The highest BCUT2D eigenvalue weighted by Gasteiger charge is 2.19. The number of carbonyl (C=O) groups excluding carboxylic acids is 2. The normalized spacial score (nSPS) is 11.0. The summed E-state index contributed by atoms with van der Waals surface area (Å²) in [5, 5.41) is 0. The maximum Gasteiger partial charge on any atom is 0.509 e. The van der Waals surface area contributed by atoms with Gasteiger partial charge < -0.3 is 14.2 Å². The standard InChI is InChI=1S/C10H14O5/c1-4-6-13-9(11)8(3)15-10(12)14-7-5-2/h4-5,8H,1-2,6-7H2,3H3. The molecule has 5 heteroatoms. The molecule has 0 fully saturated rings. The lowest BCUT2D eigenvalue weighted by Crippen LogP contribution is -2.26. The molecule has 0 radical (unpaired) electrons. The molecule has 0 aliphatic carbocycles. The third kappa shape index (κ3) is 6.31. The van der Waals surface area contributed by atoms with Gasteiger partial charge in [0.15, 0.2) is 6.10 Å². The maximum absolute atomic E-state index is 11.1. The lowest BCUT2D eigenvalue weighted by Gasteiger charge is -2.11. The van der Waals surface area contributed by atoms with Crippen LogP contribution in [0, 0.1) is 0 Å². The average Bonchev–Trinajstić information content (AvgIpc) is 2.22. The first-order chi connectivity index (χ1) is 7.11. The van der Waals surface area contributed by atoms with E-state index in [1.54, 1.807) is 0 Å². The van der Waals surface area contributed by atoms with Crippen LogP contribution in [0.2, 0.25) is 0 Å². The summed E-state index contributed by atoms with van der Waals surface area (Å²) < 4.78 is 13.8. The quantitative estimate of drug-likeness (QED) is 0.494. The molecule has 0 heterocycles. The molecule has 1 atom stereocenters. The zero-order valence-corrected chi connectivity index (χ0v) is 8.60. The number of carbonyl (C=O) groups is 2. The minimum absolute atomic E-state index is 0.0350. The summed E-state index contributed by atoms with van der Waals surface area (Å²) in [6.45, 7) is 8.23. The van der Waals surface area contributed by atoms with E-state index >= 15 is 0 Å². The zero-order chi connectivity index (χ0) is 11.7. The van der Waals surface area contributed by atoms with Crippen LogP contribution in [0.5, 0.6) is 0 Å². The third-order valence-electron chi connectivity index (χ3n) is 1.27. The van der Waals surface area contributed by atoms with Crippen molar-refractivity contribution in [2.24, 2.45) is 0 Å². The van der Waals surface area contributed by atoms with E-state index in [1.165, 1.54) is 19.1 Å². The minimum atomic E-state index is -0.998. The lowest BCUT2D eigenvalue weighted by molar-refractivity contribution is -0.152. The van der Waals surface area contributed by atoms with Crippen molar-refractivity contribution in [2.45, 2.75) is 13.0 Å². The fourth-order valence-corrected chi connectivity index (χ4v) is 0.612. The first-order valence-corrected chi connectivity index (χ1v) is 4.33. The summed E-state index contributed by atoms with van der Waals surface area (Å²) in [5.41, 5.74) is 0. The van der Waals surface area contributed by atoms with Gasteiger partial charge in [-0.3, -0.25) is 0 Å². The molecule has 0 bridgehead atoms. The molecule has 0 aromatic carbocycles. The predicted molar refractivity (Wildman–Crippen MR) is 53.2 cm³/mol. The molecule has 0 aromatic rings. The second-order valence-corrected chi connectivity index (χ2v) is 2.53. The Kier molecular flexibility index (Phi) is 6.70. The van der Waals surface area contributed by atoms with E-state index < -0.39 is 18.2 Å². The molecule has 0 N–H and O–H groups in total. The van der Waals surface area contributed by atoms with Crippen LogP contribution in [0.15, 0.2) is 25.3 Å². The molecule has 0 rings (SSSR count). The Balaban J connectivity index is 3.84. The van der Waals surface area contributed by atoms with Gasteiger partial charge >= 0.3 is 12.1 Å². The van der Waals surface area contributed by atoms with E-state index in [0.717, 1.165) is 0 Å². The Hall–Kier alpha value is -1.78. The minimum Gasteiger partial charge on any atom is -0.459 e. The number of hydrogen-bond donors (Lipinski definition) is 0. The first-order valence-electron chi connectivity index (χ1n) is 4.33. The Bertz CT molecular complexity index is 246. The topological polar surface area (TPSA) is 61.8 Å². The molecule has 0 saturated heterocycles. The second kappa shape index (κ2) is 7.61.